The van der Waals surface area contributed by atoms with Crippen LogP contribution in [-0.4, -0.2) is 22.6 Å². The maximum atomic E-state index is 12.6. The second-order valence-electron chi connectivity index (χ2n) is 6.91. The first-order valence-corrected chi connectivity index (χ1v) is 7.70. The van der Waals surface area contributed by atoms with Gasteiger partial charge < -0.3 is 4.74 Å². The molecule has 1 aliphatic heterocycles. The van der Waals surface area contributed by atoms with Crippen molar-refractivity contribution in [1.29, 1.82) is 0 Å². The number of allylic oxidation sites excluding steroid dienone is 1. The summed E-state index contributed by atoms with van der Waals surface area (Å²) in [7, 11) is 0. The van der Waals surface area contributed by atoms with E-state index in [2.05, 4.69) is 30.4 Å². The molecule has 0 radical (unpaired) electrons. The Labute approximate surface area is 126 Å². The zero-order chi connectivity index (χ0) is 15.0. The largest absolute Gasteiger partial charge is 0.444 e. The molecular formula is C18H23NO2. The van der Waals surface area contributed by atoms with E-state index >= 15 is 0 Å². The van der Waals surface area contributed by atoms with Crippen molar-refractivity contribution in [3.63, 3.8) is 0 Å². The molecule has 3 heteroatoms. The highest BCUT2D eigenvalue weighted by atomic mass is 16.6. The highest BCUT2D eigenvalue weighted by molar-refractivity contribution is 5.70. The summed E-state index contributed by atoms with van der Waals surface area (Å²) in [6.07, 6.45) is 6.33. The maximum absolute atomic E-state index is 12.6. The highest BCUT2D eigenvalue weighted by Crippen LogP contribution is 2.39. The standard InChI is InChI=1S/C18H23NO2/c1-18(2,3)21-17(20)19-12-13-8-4-5-9-14(13)15-10-6-7-11-16(15)19/h4-6,8-10,15-16H,7,11-12H2,1-3H3/t15-,16-/m0/s1. The number of fused-ring (bicyclic) bond motifs is 3. The molecule has 2 aliphatic rings. The molecule has 21 heavy (non-hydrogen) atoms. The minimum absolute atomic E-state index is 0.192. The molecule has 1 heterocycles. The van der Waals surface area contributed by atoms with E-state index in [1.165, 1.54) is 11.1 Å². The van der Waals surface area contributed by atoms with E-state index in [1.54, 1.807) is 0 Å². The van der Waals surface area contributed by atoms with E-state index in [9.17, 15) is 4.79 Å². The second-order valence-corrected chi connectivity index (χ2v) is 6.91. The number of hydrogen-bond acceptors (Lipinski definition) is 2. The third kappa shape index (κ3) is 2.82. The van der Waals surface area contributed by atoms with Crippen LogP contribution in [0.4, 0.5) is 4.79 Å². The van der Waals surface area contributed by atoms with Gasteiger partial charge in [-0.25, -0.2) is 4.79 Å². The average molecular weight is 285 g/mol. The molecule has 1 amide bonds. The van der Waals surface area contributed by atoms with Crippen LogP contribution >= 0.6 is 0 Å². The van der Waals surface area contributed by atoms with Gasteiger partial charge in [-0.2, -0.15) is 0 Å². The van der Waals surface area contributed by atoms with E-state index in [-0.39, 0.29) is 12.1 Å². The number of carbonyl (C=O) groups excluding carboxylic acids is 1. The van der Waals surface area contributed by atoms with Crippen molar-refractivity contribution in [3.05, 3.63) is 47.5 Å². The van der Waals surface area contributed by atoms with Crippen molar-refractivity contribution < 1.29 is 9.53 Å². The van der Waals surface area contributed by atoms with Gasteiger partial charge >= 0.3 is 6.09 Å². The molecule has 2 atom stereocenters. The molecule has 1 aromatic rings. The molecule has 1 aliphatic carbocycles. The van der Waals surface area contributed by atoms with Gasteiger partial charge in [0, 0.05) is 18.5 Å². The molecule has 3 rings (SSSR count). The summed E-state index contributed by atoms with van der Waals surface area (Å²) in [5.74, 6) is 0.302. The van der Waals surface area contributed by atoms with E-state index in [4.69, 9.17) is 4.74 Å². The second kappa shape index (κ2) is 5.21. The molecule has 1 aromatic carbocycles. The molecule has 0 unspecified atom stereocenters. The van der Waals surface area contributed by atoms with Gasteiger partial charge in [-0.1, -0.05) is 36.4 Å². The van der Waals surface area contributed by atoms with Gasteiger partial charge in [-0.15, -0.1) is 0 Å². The zero-order valence-electron chi connectivity index (χ0n) is 13.0. The van der Waals surface area contributed by atoms with Gasteiger partial charge in [0.1, 0.15) is 5.60 Å². The number of rotatable bonds is 0. The van der Waals surface area contributed by atoms with Crippen LogP contribution in [0.25, 0.3) is 0 Å². The van der Waals surface area contributed by atoms with E-state index in [0.717, 1.165) is 12.8 Å². The fourth-order valence-corrected chi connectivity index (χ4v) is 3.30. The van der Waals surface area contributed by atoms with Gasteiger partial charge in [-0.05, 0) is 44.7 Å². The van der Waals surface area contributed by atoms with Gasteiger partial charge in [-0.3, -0.25) is 4.90 Å². The van der Waals surface area contributed by atoms with Gasteiger partial charge in [0.25, 0.3) is 0 Å². The maximum Gasteiger partial charge on any atom is 0.410 e. The Kier molecular flexibility index (Phi) is 3.52. The van der Waals surface area contributed by atoms with Gasteiger partial charge in [0.2, 0.25) is 0 Å². The molecule has 112 valence electrons. The summed E-state index contributed by atoms with van der Waals surface area (Å²) in [6.45, 7) is 6.41. The van der Waals surface area contributed by atoms with Crippen LogP contribution in [0, 0.1) is 0 Å². The molecule has 3 nitrogen and oxygen atoms in total. The van der Waals surface area contributed by atoms with Crippen molar-refractivity contribution in [1.82, 2.24) is 4.90 Å². The Bertz CT molecular complexity index is 571. The number of nitrogens with zero attached hydrogens (tertiary/aromatic N) is 1. The minimum Gasteiger partial charge on any atom is -0.444 e. The van der Waals surface area contributed by atoms with Crippen LogP contribution in [-0.2, 0) is 11.3 Å². The summed E-state index contributed by atoms with van der Waals surface area (Å²) < 4.78 is 5.60. The third-order valence-electron chi connectivity index (χ3n) is 4.17. The topological polar surface area (TPSA) is 29.5 Å². The Morgan fingerprint density at radius 1 is 1.29 bits per heavy atom. The average Bonchev–Trinajstić information content (AvgIpc) is 2.44. The van der Waals surface area contributed by atoms with Crippen LogP contribution in [0.1, 0.15) is 50.7 Å². The fraction of sp³-hybridized carbons (Fsp3) is 0.500. The number of carbonyl (C=O) groups is 1. The van der Waals surface area contributed by atoms with Crippen molar-refractivity contribution in [3.8, 4) is 0 Å². The first-order chi connectivity index (χ1) is 9.96. The first-order valence-electron chi connectivity index (χ1n) is 7.70. The van der Waals surface area contributed by atoms with Crippen molar-refractivity contribution in [2.45, 2.75) is 57.7 Å². The van der Waals surface area contributed by atoms with Crippen LogP contribution in [0.3, 0.4) is 0 Å². The predicted molar refractivity (Wildman–Crippen MR) is 83.1 cm³/mol. The van der Waals surface area contributed by atoms with Crippen LogP contribution in [0.2, 0.25) is 0 Å². The highest BCUT2D eigenvalue weighted by Gasteiger charge is 2.38. The normalized spacial score (nSPS) is 24.2. The van der Waals surface area contributed by atoms with Crippen molar-refractivity contribution >= 4 is 6.09 Å². The predicted octanol–water partition coefficient (Wildman–Crippen LogP) is 4.24. The summed E-state index contributed by atoms with van der Waals surface area (Å²) in [6, 6.07) is 8.65. The van der Waals surface area contributed by atoms with Crippen LogP contribution < -0.4 is 0 Å². The van der Waals surface area contributed by atoms with Crippen molar-refractivity contribution in [2.75, 3.05) is 0 Å². The number of amides is 1. The van der Waals surface area contributed by atoms with Gasteiger partial charge in [0.05, 0.1) is 0 Å². The summed E-state index contributed by atoms with van der Waals surface area (Å²) in [5, 5.41) is 0. The Morgan fingerprint density at radius 3 is 2.81 bits per heavy atom. The molecule has 0 spiro atoms. The van der Waals surface area contributed by atoms with E-state index in [1.807, 2.05) is 31.7 Å². The van der Waals surface area contributed by atoms with Crippen LogP contribution in [0.15, 0.2) is 36.4 Å². The molecular weight excluding hydrogens is 262 g/mol. The first kappa shape index (κ1) is 14.2. The zero-order valence-corrected chi connectivity index (χ0v) is 13.0. The lowest BCUT2D eigenvalue weighted by atomic mass is 9.79. The fourth-order valence-electron chi connectivity index (χ4n) is 3.30. The molecule has 0 fully saturated rings. The molecule has 0 bridgehead atoms. The van der Waals surface area contributed by atoms with Crippen LogP contribution in [0.5, 0.6) is 0 Å². The summed E-state index contributed by atoms with van der Waals surface area (Å²) >= 11 is 0. The number of hydrogen-bond donors (Lipinski definition) is 0. The molecule has 0 aromatic heterocycles. The molecule has 0 N–H and O–H groups in total. The number of ether oxygens (including phenoxy) is 1. The third-order valence-corrected chi connectivity index (χ3v) is 4.17. The lowest BCUT2D eigenvalue weighted by Gasteiger charge is -2.43. The molecule has 0 saturated heterocycles. The SMILES string of the molecule is CC(C)(C)OC(=O)N1Cc2ccccc2[C@@H]2C=CCC[C@@H]21. The van der Waals surface area contributed by atoms with Crippen molar-refractivity contribution in [2.24, 2.45) is 0 Å². The lowest BCUT2D eigenvalue weighted by Crippen LogP contribution is -2.48. The number of benzene rings is 1. The smallest absolute Gasteiger partial charge is 0.410 e. The Hall–Kier alpha value is -1.77. The Morgan fingerprint density at radius 2 is 2.05 bits per heavy atom. The quantitative estimate of drug-likeness (QED) is 0.667. The summed E-state index contributed by atoms with van der Waals surface area (Å²) in [5.41, 5.74) is 2.14. The lowest BCUT2D eigenvalue weighted by molar-refractivity contribution is 0.00864. The van der Waals surface area contributed by atoms with Gasteiger partial charge in [0.15, 0.2) is 0 Å². The summed E-state index contributed by atoms with van der Waals surface area (Å²) in [4.78, 5) is 14.5. The minimum atomic E-state index is -0.450. The molecule has 0 saturated carbocycles. The van der Waals surface area contributed by atoms with E-state index in [0.29, 0.717) is 12.5 Å². The monoisotopic (exact) mass is 285 g/mol. The Balaban J connectivity index is 1.93. The van der Waals surface area contributed by atoms with E-state index < -0.39 is 5.60 Å².